The maximum atomic E-state index is 13.2. The molecule has 1 atom stereocenters. The fraction of sp³-hybridized carbons (Fsp3) is 0.600. The Morgan fingerprint density at radius 2 is 2.17 bits per heavy atom. The maximum absolute atomic E-state index is 13.2. The summed E-state index contributed by atoms with van der Waals surface area (Å²) in [6, 6.07) is 5.23. The van der Waals surface area contributed by atoms with Crippen LogP contribution in [0.15, 0.2) is 18.2 Å². The van der Waals surface area contributed by atoms with E-state index >= 15 is 0 Å². The molecule has 1 aliphatic carbocycles. The second-order valence-electron chi connectivity index (χ2n) is 4.95. The summed E-state index contributed by atoms with van der Waals surface area (Å²) in [6.07, 6.45) is 4.94. The van der Waals surface area contributed by atoms with Crippen LogP contribution in [0.4, 0.5) is 10.1 Å². The fourth-order valence-electron chi connectivity index (χ4n) is 2.33. The molecule has 1 aromatic carbocycles. The lowest BCUT2D eigenvalue weighted by atomic mass is 10.1. The van der Waals surface area contributed by atoms with E-state index in [1.54, 1.807) is 6.07 Å². The molecule has 0 spiro atoms. The normalized spacial score (nSPS) is 16.4. The molecular weight excluding hydrogens is 229 g/mol. The highest BCUT2D eigenvalue weighted by Crippen LogP contribution is 2.37. The Bertz CT molecular complexity index is 390. The van der Waals surface area contributed by atoms with E-state index in [2.05, 4.69) is 12.2 Å². The van der Waals surface area contributed by atoms with Crippen LogP contribution in [0.1, 0.15) is 39.5 Å². The number of rotatable bonds is 7. The van der Waals surface area contributed by atoms with Gasteiger partial charge in [-0.05, 0) is 44.2 Å². The van der Waals surface area contributed by atoms with Gasteiger partial charge in [0.25, 0.3) is 0 Å². The van der Waals surface area contributed by atoms with Crippen LogP contribution >= 0.6 is 0 Å². The first-order chi connectivity index (χ1) is 8.74. The van der Waals surface area contributed by atoms with Crippen LogP contribution in [-0.2, 0) is 0 Å². The van der Waals surface area contributed by atoms with Crippen molar-refractivity contribution in [3.63, 3.8) is 0 Å². The average Bonchev–Trinajstić information content (AvgIpc) is 3.16. The van der Waals surface area contributed by atoms with E-state index in [-0.39, 0.29) is 5.82 Å². The summed E-state index contributed by atoms with van der Waals surface area (Å²) in [5.41, 5.74) is 0.920. The first-order valence-electron chi connectivity index (χ1n) is 6.93. The minimum absolute atomic E-state index is 0.248. The molecule has 0 aromatic heterocycles. The summed E-state index contributed by atoms with van der Waals surface area (Å²) >= 11 is 0. The molecule has 1 aromatic rings. The molecule has 0 heterocycles. The van der Waals surface area contributed by atoms with Crippen molar-refractivity contribution in [2.45, 2.75) is 45.6 Å². The third-order valence-corrected chi connectivity index (χ3v) is 3.38. The summed E-state index contributed by atoms with van der Waals surface area (Å²) in [4.78, 5) is 0. The monoisotopic (exact) mass is 251 g/mol. The van der Waals surface area contributed by atoms with Crippen LogP contribution in [0.25, 0.3) is 0 Å². The van der Waals surface area contributed by atoms with Gasteiger partial charge in [-0.1, -0.05) is 13.3 Å². The lowest BCUT2D eigenvalue weighted by Crippen LogP contribution is -2.22. The van der Waals surface area contributed by atoms with E-state index in [9.17, 15) is 4.39 Å². The van der Waals surface area contributed by atoms with Gasteiger partial charge in [0.2, 0.25) is 0 Å². The maximum Gasteiger partial charge on any atom is 0.145 e. The highest BCUT2D eigenvalue weighted by Gasteiger charge is 2.30. The molecule has 18 heavy (non-hydrogen) atoms. The molecule has 1 fully saturated rings. The van der Waals surface area contributed by atoms with Gasteiger partial charge in [-0.2, -0.15) is 0 Å². The summed E-state index contributed by atoms with van der Waals surface area (Å²) in [7, 11) is 0. The standard InChI is InChI=1S/C15H22FNO/c1-3-5-13(11-6-7-11)17-14-9-8-12(16)10-15(14)18-4-2/h8-11,13,17H,3-7H2,1-2H3. The highest BCUT2D eigenvalue weighted by molar-refractivity contribution is 5.57. The van der Waals surface area contributed by atoms with Gasteiger partial charge >= 0.3 is 0 Å². The van der Waals surface area contributed by atoms with Gasteiger partial charge in [-0.25, -0.2) is 4.39 Å². The van der Waals surface area contributed by atoms with Crippen molar-refractivity contribution in [1.29, 1.82) is 0 Å². The zero-order chi connectivity index (χ0) is 13.0. The predicted molar refractivity (Wildman–Crippen MR) is 72.6 cm³/mol. The number of ether oxygens (including phenoxy) is 1. The van der Waals surface area contributed by atoms with Crippen molar-refractivity contribution in [2.75, 3.05) is 11.9 Å². The van der Waals surface area contributed by atoms with Crippen molar-refractivity contribution in [2.24, 2.45) is 5.92 Å². The number of nitrogens with one attached hydrogen (secondary N) is 1. The number of hydrogen-bond donors (Lipinski definition) is 1. The van der Waals surface area contributed by atoms with E-state index in [0.717, 1.165) is 18.0 Å². The lowest BCUT2D eigenvalue weighted by Gasteiger charge is -2.21. The molecule has 3 heteroatoms. The Morgan fingerprint density at radius 3 is 2.78 bits per heavy atom. The third kappa shape index (κ3) is 3.37. The molecule has 0 bridgehead atoms. The van der Waals surface area contributed by atoms with E-state index in [0.29, 0.717) is 18.4 Å². The zero-order valence-corrected chi connectivity index (χ0v) is 11.2. The molecule has 1 aliphatic rings. The van der Waals surface area contributed by atoms with Gasteiger partial charge in [0.15, 0.2) is 0 Å². The molecular formula is C15H22FNO. The van der Waals surface area contributed by atoms with Gasteiger partial charge in [-0.15, -0.1) is 0 Å². The van der Waals surface area contributed by atoms with Crippen LogP contribution < -0.4 is 10.1 Å². The molecule has 2 nitrogen and oxygen atoms in total. The Balaban J connectivity index is 2.10. The van der Waals surface area contributed by atoms with Gasteiger partial charge in [0, 0.05) is 12.1 Å². The van der Waals surface area contributed by atoms with Crippen molar-refractivity contribution in [3.8, 4) is 5.75 Å². The lowest BCUT2D eigenvalue weighted by molar-refractivity contribution is 0.339. The van der Waals surface area contributed by atoms with Crippen molar-refractivity contribution in [3.05, 3.63) is 24.0 Å². The molecule has 100 valence electrons. The van der Waals surface area contributed by atoms with Crippen molar-refractivity contribution < 1.29 is 9.13 Å². The zero-order valence-electron chi connectivity index (χ0n) is 11.2. The van der Waals surface area contributed by atoms with Crippen molar-refractivity contribution >= 4 is 5.69 Å². The minimum Gasteiger partial charge on any atom is -0.492 e. The first kappa shape index (κ1) is 13.2. The summed E-state index contributed by atoms with van der Waals surface area (Å²) in [5, 5.41) is 3.53. The SMILES string of the molecule is CCCC(Nc1ccc(F)cc1OCC)C1CC1. The topological polar surface area (TPSA) is 21.3 Å². The van der Waals surface area contributed by atoms with E-state index in [4.69, 9.17) is 4.74 Å². The first-order valence-corrected chi connectivity index (χ1v) is 6.93. The Hall–Kier alpha value is -1.25. The van der Waals surface area contributed by atoms with Crippen LogP contribution in [0.5, 0.6) is 5.75 Å². The van der Waals surface area contributed by atoms with Gasteiger partial charge in [-0.3, -0.25) is 0 Å². The fourth-order valence-corrected chi connectivity index (χ4v) is 2.33. The molecule has 1 unspecified atom stereocenters. The van der Waals surface area contributed by atoms with Crippen LogP contribution in [0.3, 0.4) is 0 Å². The van der Waals surface area contributed by atoms with Crippen LogP contribution in [0, 0.1) is 11.7 Å². The Morgan fingerprint density at radius 1 is 1.39 bits per heavy atom. The number of anilines is 1. The van der Waals surface area contributed by atoms with Gasteiger partial charge in [0.05, 0.1) is 12.3 Å². The molecule has 0 saturated heterocycles. The van der Waals surface area contributed by atoms with Crippen LogP contribution in [-0.4, -0.2) is 12.6 Å². The molecule has 0 amide bonds. The molecule has 0 aliphatic heterocycles. The smallest absolute Gasteiger partial charge is 0.145 e. The summed E-state index contributed by atoms with van der Waals surface area (Å²) < 4.78 is 18.7. The molecule has 2 rings (SSSR count). The second-order valence-corrected chi connectivity index (χ2v) is 4.95. The molecule has 1 N–H and O–H groups in total. The number of halogens is 1. The highest BCUT2D eigenvalue weighted by atomic mass is 19.1. The molecule has 1 saturated carbocycles. The minimum atomic E-state index is -0.248. The predicted octanol–water partition coefficient (Wildman–Crippen LogP) is 4.22. The number of hydrogen-bond acceptors (Lipinski definition) is 2. The summed E-state index contributed by atoms with van der Waals surface area (Å²) in [5.74, 6) is 1.16. The number of benzene rings is 1. The summed E-state index contributed by atoms with van der Waals surface area (Å²) in [6.45, 7) is 4.67. The van der Waals surface area contributed by atoms with E-state index in [1.165, 1.54) is 31.4 Å². The molecule has 0 radical (unpaired) electrons. The quantitative estimate of drug-likeness (QED) is 0.783. The Kier molecular flexibility index (Phi) is 4.45. The third-order valence-electron chi connectivity index (χ3n) is 3.38. The van der Waals surface area contributed by atoms with E-state index in [1.807, 2.05) is 6.92 Å². The van der Waals surface area contributed by atoms with Gasteiger partial charge < -0.3 is 10.1 Å². The largest absolute Gasteiger partial charge is 0.492 e. The average molecular weight is 251 g/mol. The van der Waals surface area contributed by atoms with Crippen LogP contribution in [0.2, 0.25) is 0 Å². The Labute approximate surface area is 109 Å². The van der Waals surface area contributed by atoms with E-state index < -0.39 is 0 Å². The van der Waals surface area contributed by atoms with Crippen molar-refractivity contribution in [1.82, 2.24) is 0 Å². The van der Waals surface area contributed by atoms with Gasteiger partial charge in [0.1, 0.15) is 11.6 Å². The second kappa shape index (κ2) is 6.07.